The van der Waals surface area contributed by atoms with E-state index in [9.17, 15) is 4.79 Å². The monoisotopic (exact) mass is 312 g/mol. The third kappa shape index (κ3) is 2.33. The highest BCUT2D eigenvalue weighted by Gasteiger charge is 2.28. The molecule has 110 valence electrons. The van der Waals surface area contributed by atoms with E-state index in [0.717, 1.165) is 24.0 Å². The van der Waals surface area contributed by atoms with Gasteiger partial charge in [-0.3, -0.25) is 4.79 Å². The zero-order chi connectivity index (χ0) is 15.1. The Balaban J connectivity index is 1.89. The fraction of sp³-hybridized carbons (Fsp3) is 0.188. The zero-order valence-electron chi connectivity index (χ0n) is 11.7. The van der Waals surface area contributed by atoms with Gasteiger partial charge in [-0.1, -0.05) is 23.7 Å². The van der Waals surface area contributed by atoms with Gasteiger partial charge < -0.3 is 5.32 Å². The largest absolute Gasteiger partial charge is 0.348 e. The van der Waals surface area contributed by atoms with E-state index in [0.29, 0.717) is 16.4 Å². The summed E-state index contributed by atoms with van der Waals surface area (Å²) in [6.07, 6.45) is 5.55. The van der Waals surface area contributed by atoms with E-state index in [4.69, 9.17) is 11.6 Å². The molecule has 6 heteroatoms. The molecule has 1 aromatic carbocycles. The van der Waals surface area contributed by atoms with E-state index < -0.39 is 0 Å². The Morgan fingerprint density at radius 3 is 2.77 bits per heavy atom. The topological polar surface area (TPSA) is 59.3 Å². The van der Waals surface area contributed by atoms with E-state index in [1.165, 1.54) is 0 Å². The fourth-order valence-electron chi connectivity index (χ4n) is 2.41. The normalized spacial score (nSPS) is 14.2. The predicted molar refractivity (Wildman–Crippen MR) is 83.9 cm³/mol. The summed E-state index contributed by atoms with van der Waals surface area (Å²) in [5.74, 6) is -0.155. The standard InChI is InChI=1S/C16H13ClN4O/c17-11-4-2-10(3-5-11)13-14(16(22)19-12-6-7-12)20-21-9-1-8-18-15(13)21/h1-5,8-9,12H,6-7H2,(H,19,22). The van der Waals surface area contributed by atoms with Crippen LogP contribution in [0.25, 0.3) is 16.8 Å². The summed E-state index contributed by atoms with van der Waals surface area (Å²) in [5, 5.41) is 8.04. The number of fused-ring (bicyclic) bond motifs is 1. The van der Waals surface area contributed by atoms with Gasteiger partial charge in [-0.05, 0) is 36.6 Å². The van der Waals surface area contributed by atoms with Crippen LogP contribution in [0.4, 0.5) is 0 Å². The summed E-state index contributed by atoms with van der Waals surface area (Å²) in [6.45, 7) is 0. The Kier molecular flexibility index (Phi) is 3.08. The summed E-state index contributed by atoms with van der Waals surface area (Å²) in [4.78, 5) is 16.9. The van der Waals surface area contributed by atoms with E-state index in [2.05, 4.69) is 15.4 Å². The number of hydrogen-bond donors (Lipinski definition) is 1. The van der Waals surface area contributed by atoms with Crippen LogP contribution in [-0.2, 0) is 0 Å². The highest BCUT2D eigenvalue weighted by atomic mass is 35.5. The van der Waals surface area contributed by atoms with Gasteiger partial charge in [0.05, 0.1) is 5.56 Å². The van der Waals surface area contributed by atoms with Crippen LogP contribution in [0.15, 0.2) is 42.7 Å². The minimum atomic E-state index is -0.155. The Morgan fingerprint density at radius 2 is 2.05 bits per heavy atom. The summed E-state index contributed by atoms with van der Waals surface area (Å²) in [7, 11) is 0. The van der Waals surface area contributed by atoms with Crippen LogP contribution < -0.4 is 5.32 Å². The molecule has 1 N–H and O–H groups in total. The van der Waals surface area contributed by atoms with Crippen LogP contribution in [0.2, 0.25) is 5.02 Å². The second-order valence-corrected chi connectivity index (χ2v) is 5.80. The molecule has 1 saturated carbocycles. The van der Waals surface area contributed by atoms with Gasteiger partial charge in [0, 0.05) is 23.5 Å². The molecule has 0 radical (unpaired) electrons. The van der Waals surface area contributed by atoms with Crippen LogP contribution in [-0.4, -0.2) is 26.5 Å². The van der Waals surface area contributed by atoms with Crippen molar-refractivity contribution in [3.05, 3.63) is 53.4 Å². The molecule has 0 atom stereocenters. The van der Waals surface area contributed by atoms with E-state index in [1.54, 1.807) is 35.1 Å². The van der Waals surface area contributed by atoms with Crippen LogP contribution in [0.5, 0.6) is 0 Å². The Bertz CT molecular complexity index is 852. The third-order valence-corrected chi connectivity index (χ3v) is 3.91. The molecular weight excluding hydrogens is 300 g/mol. The lowest BCUT2D eigenvalue weighted by Gasteiger charge is -2.04. The highest BCUT2D eigenvalue weighted by molar-refractivity contribution is 6.30. The van der Waals surface area contributed by atoms with E-state index in [1.807, 2.05) is 12.1 Å². The number of amides is 1. The number of nitrogens with one attached hydrogen (secondary N) is 1. The molecule has 1 aliphatic carbocycles. The molecule has 2 heterocycles. The summed E-state index contributed by atoms with van der Waals surface area (Å²) < 4.78 is 1.63. The number of benzene rings is 1. The summed E-state index contributed by atoms with van der Waals surface area (Å²) >= 11 is 5.96. The van der Waals surface area contributed by atoms with Crippen molar-refractivity contribution in [2.24, 2.45) is 0 Å². The number of halogens is 1. The first-order chi connectivity index (χ1) is 10.7. The summed E-state index contributed by atoms with van der Waals surface area (Å²) in [6, 6.07) is 9.42. The van der Waals surface area contributed by atoms with Gasteiger partial charge in [0.1, 0.15) is 0 Å². The van der Waals surface area contributed by atoms with Gasteiger partial charge in [0.15, 0.2) is 11.3 Å². The molecule has 1 fully saturated rings. The molecular formula is C16H13ClN4O. The smallest absolute Gasteiger partial charge is 0.272 e. The van der Waals surface area contributed by atoms with Crippen LogP contribution in [0, 0.1) is 0 Å². The van der Waals surface area contributed by atoms with Crippen molar-refractivity contribution in [2.45, 2.75) is 18.9 Å². The fourth-order valence-corrected chi connectivity index (χ4v) is 2.54. The molecule has 0 saturated heterocycles. The maximum absolute atomic E-state index is 12.5. The van der Waals surface area contributed by atoms with Crippen molar-refractivity contribution < 1.29 is 4.79 Å². The van der Waals surface area contributed by atoms with Crippen molar-refractivity contribution >= 4 is 23.2 Å². The quantitative estimate of drug-likeness (QED) is 0.809. The Morgan fingerprint density at radius 1 is 1.27 bits per heavy atom. The number of carbonyl (C=O) groups excluding carboxylic acids is 1. The van der Waals surface area contributed by atoms with Crippen molar-refractivity contribution in [3.8, 4) is 11.1 Å². The van der Waals surface area contributed by atoms with E-state index >= 15 is 0 Å². The molecule has 4 rings (SSSR count). The maximum Gasteiger partial charge on any atom is 0.272 e. The van der Waals surface area contributed by atoms with Crippen molar-refractivity contribution in [1.82, 2.24) is 19.9 Å². The first-order valence-electron chi connectivity index (χ1n) is 7.12. The molecule has 5 nitrogen and oxygen atoms in total. The lowest BCUT2D eigenvalue weighted by atomic mass is 10.1. The molecule has 0 bridgehead atoms. The molecule has 0 aliphatic heterocycles. The van der Waals surface area contributed by atoms with Gasteiger partial charge in [-0.25, -0.2) is 9.50 Å². The second kappa shape index (κ2) is 5.10. The van der Waals surface area contributed by atoms with Gasteiger partial charge in [-0.2, -0.15) is 5.10 Å². The molecule has 0 unspecified atom stereocenters. The van der Waals surface area contributed by atoms with Crippen molar-refractivity contribution in [3.63, 3.8) is 0 Å². The Hall–Kier alpha value is -2.40. The molecule has 2 aromatic heterocycles. The van der Waals surface area contributed by atoms with Crippen LogP contribution >= 0.6 is 11.6 Å². The minimum absolute atomic E-state index is 0.155. The average Bonchev–Trinajstić information content (AvgIpc) is 3.25. The maximum atomic E-state index is 12.5. The number of nitrogens with zero attached hydrogens (tertiary/aromatic N) is 3. The molecule has 0 spiro atoms. The van der Waals surface area contributed by atoms with Gasteiger partial charge in [0.2, 0.25) is 0 Å². The number of carbonyl (C=O) groups is 1. The molecule has 3 aromatic rings. The van der Waals surface area contributed by atoms with Gasteiger partial charge in [-0.15, -0.1) is 0 Å². The average molecular weight is 313 g/mol. The summed E-state index contributed by atoms with van der Waals surface area (Å²) in [5.41, 5.74) is 2.66. The predicted octanol–water partition coefficient (Wildman–Crippen LogP) is 2.94. The SMILES string of the molecule is O=C(NC1CC1)c1nn2cccnc2c1-c1ccc(Cl)cc1. The molecule has 1 amide bonds. The van der Waals surface area contributed by atoms with Crippen molar-refractivity contribution in [1.29, 1.82) is 0 Å². The van der Waals surface area contributed by atoms with Crippen LogP contribution in [0.1, 0.15) is 23.3 Å². The van der Waals surface area contributed by atoms with Gasteiger partial charge in [0.25, 0.3) is 5.91 Å². The molecule has 1 aliphatic rings. The minimum Gasteiger partial charge on any atom is -0.348 e. The lowest BCUT2D eigenvalue weighted by molar-refractivity contribution is 0.0946. The van der Waals surface area contributed by atoms with Gasteiger partial charge >= 0.3 is 0 Å². The number of rotatable bonds is 3. The first-order valence-corrected chi connectivity index (χ1v) is 7.50. The highest BCUT2D eigenvalue weighted by Crippen LogP contribution is 2.29. The first kappa shape index (κ1) is 13.3. The Labute approximate surface area is 131 Å². The molecule has 22 heavy (non-hydrogen) atoms. The second-order valence-electron chi connectivity index (χ2n) is 5.37. The number of aromatic nitrogens is 3. The third-order valence-electron chi connectivity index (χ3n) is 3.66. The van der Waals surface area contributed by atoms with E-state index in [-0.39, 0.29) is 11.9 Å². The lowest BCUT2D eigenvalue weighted by Crippen LogP contribution is -2.26. The zero-order valence-corrected chi connectivity index (χ0v) is 12.4. The number of hydrogen-bond acceptors (Lipinski definition) is 3. The van der Waals surface area contributed by atoms with Crippen molar-refractivity contribution in [2.75, 3.05) is 0 Å². The van der Waals surface area contributed by atoms with Crippen LogP contribution in [0.3, 0.4) is 0 Å².